The van der Waals surface area contributed by atoms with E-state index in [1.807, 2.05) is 13.1 Å². The second-order valence-corrected chi connectivity index (χ2v) is 8.31. The topological polar surface area (TPSA) is 53.4 Å². The maximum Gasteiger partial charge on any atom is 0.239 e. The van der Waals surface area contributed by atoms with Crippen molar-refractivity contribution < 1.29 is 4.79 Å². The molecule has 136 valence electrons. The third-order valence-corrected chi connectivity index (χ3v) is 4.37. The van der Waals surface area contributed by atoms with E-state index in [0.717, 1.165) is 44.2 Å². The number of carbonyl (C=O) groups is 1. The van der Waals surface area contributed by atoms with Crippen molar-refractivity contribution in [3.8, 4) is 0 Å². The van der Waals surface area contributed by atoms with Crippen molar-refractivity contribution in [1.82, 2.24) is 19.6 Å². The first-order valence-corrected chi connectivity index (χ1v) is 8.94. The number of nitrogens with one attached hydrogen (secondary N) is 1. The van der Waals surface area contributed by atoms with Crippen molar-refractivity contribution in [1.29, 1.82) is 0 Å². The van der Waals surface area contributed by atoms with Crippen LogP contribution in [0, 0.1) is 5.92 Å². The van der Waals surface area contributed by atoms with E-state index in [1.54, 1.807) is 4.68 Å². The van der Waals surface area contributed by atoms with Gasteiger partial charge in [0.05, 0.1) is 12.2 Å². The average molecular weight is 335 g/mol. The monoisotopic (exact) mass is 335 g/mol. The van der Waals surface area contributed by atoms with Crippen LogP contribution >= 0.6 is 0 Å². The standard InChI is InChI=1S/C18H33N5O/c1-14(2)12-22-7-9-23(10-8-22)13-17(24)19-16-11-15(18(3,4)5)20-21(16)6/h11,14H,7-10,12-13H2,1-6H3,(H,19,24). The molecule has 1 fully saturated rings. The number of amides is 1. The zero-order chi connectivity index (χ0) is 17.9. The van der Waals surface area contributed by atoms with Gasteiger partial charge >= 0.3 is 0 Å². The Balaban J connectivity index is 1.83. The molecule has 6 heteroatoms. The first-order chi connectivity index (χ1) is 11.1. The molecule has 0 aromatic carbocycles. The summed E-state index contributed by atoms with van der Waals surface area (Å²) < 4.78 is 1.75. The summed E-state index contributed by atoms with van der Waals surface area (Å²) in [4.78, 5) is 17.1. The molecule has 6 nitrogen and oxygen atoms in total. The molecule has 1 aliphatic rings. The summed E-state index contributed by atoms with van der Waals surface area (Å²) in [7, 11) is 1.87. The molecule has 1 aromatic heterocycles. The third kappa shape index (κ3) is 5.31. The fourth-order valence-corrected chi connectivity index (χ4v) is 2.98. The molecule has 1 aromatic rings. The molecule has 24 heavy (non-hydrogen) atoms. The van der Waals surface area contributed by atoms with Gasteiger partial charge < -0.3 is 10.2 Å². The van der Waals surface area contributed by atoms with Crippen LogP contribution in [0.15, 0.2) is 6.07 Å². The predicted octanol–water partition coefficient (Wildman–Crippen LogP) is 1.93. The molecule has 0 saturated carbocycles. The lowest BCUT2D eigenvalue weighted by Crippen LogP contribution is -2.49. The molecule has 0 bridgehead atoms. The van der Waals surface area contributed by atoms with E-state index in [2.05, 4.69) is 54.8 Å². The second-order valence-electron chi connectivity index (χ2n) is 8.31. The number of carbonyl (C=O) groups excluding carboxylic acids is 1. The van der Waals surface area contributed by atoms with Crippen LogP contribution in [0.4, 0.5) is 5.82 Å². The van der Waals surface area contributed by atoms with Crippen LogP contribution in [0.2, 0.25) is 0 Å². The number of aryl methyl sites for hydroxylation is 1. The van der Waals surface area contributed by atoms with E-state index in [0.29, 0.717) is 12.5 Å². The molecule has 2 rings (SSSR count). The summed E-state index contributed by atoms with van der Waals surface area (Å²) >= 11 is 0. The van der Waals surface area contributed by atoms with Gasteiger partial charge in [-0.2, -0.15) is 5.10 Å². The van der Waals surface area contributed by atoms with E-state index in [1.165, 1.54) is 0 Å². The molecular weight excluding hydrogens is 302 g/mol. The van der Waals surface area contributed by atoms with Crippen molar-refractivity contribution in [3.05, 3.63) is 11.8 Å². The van der Waals surface area contributed by atoms with Crippen LogP contribution in [-0.2, 0) is 17.3 Å². The normalized spacial score (nSPS) is 17.5. The zero-order valence-corrected chi connectivity index (χ0v) is 16.1. The zero-order valence-electron chi connectivity index (χ0n) is 16.1. The molecule has 0 spiro atoms. The Morgan fingerprint density at radius 2 is 1.79 bits per heavy atom. The minimum atomic E-state index is -0.0204. The third-order valence-electron chi connectivity index (χ3n) is 4.37. The molecule has 1 aliphatic heterocycles. The molecular formula is C18H33N5O. The van der Waals surface area contributed by atoms with Gasteiger partial charge in [0.15, 0.2) is 0 Å². The molecule has 1 N–H and O–H groups in total. The van der Waals surface area contributed by atoms with Gasteiger partial charge in [0.2, 0.25) is 5.91 Å². The molecule has 0 atom stereocenters. The van der Waals surface area contributed by atoms with Crippen molar-refractivity contribution >= 4 is 11.7 Å². The van der Waals surface area contributed by atoms with E-state index in [4.69, 9.17) is 0 Å². The van der Waals surface area contributed by atoms with E-state index in [9.17, 15) is 4.79 Å². The van der Waals surface area contributed by atoms with Crippen LogP contribution in [0.1, 0.15) is 40.3 Å². The Morgan fingerprint density at radius 1 is 1.21 bits per heavy atom. The van der Waals surface area contributed by atoms with Crippen molar-refractivity contribution in [2.24, 2.45) is 13.0 Å². The Kier molecular flexibility index (Phi) is 6.04. The lowest BCUT2D eigenvalue weighted by Gasteiger charge is -2.35. The lowest BCUT2D eigenvalue weighted by molar-refractivity contribution is -0.117. The van der Waals surface area contributed by atoms with Crippen molar-refractivity contribution in [2.75, 3.05) is 44.6 Å². The van der Waals surface area contributed by atoms with Crippen molar-refractivity contribution in [3.63, 3.8) is 0 Å². The maximum absolute atomic E-state index is 12.3. The Morgan fingerprint density at radius 3 is 2.29 bits per heavy atom. The number of hydrogen-bond acceptors (Lipinski definition) is 4. The smallest absolute Gasteiger partial charge is 0.239 e. The van der Waals surface area contributed by atoms with Crippen molar-refractivity contribution in [2.45, 2.75) is 40.0 Å². The fourth-order valence-electron chi connectivity index (χ4n) is 2.98. The van der Waals surface area contributed by atoms with Gasteiger partial charge in [-0.3, -0.25) is 14.4 Å². The minimum absolute atomic E-state index is 0.0204. The molecule has 1 amide bonds. The number of hydrogen-bond donors (Lipinski definition) is 1. The SMILES string of the molecule is CC(C)CN1CCN(CC(=O)Nc2cc(C(C)(C)C)nn2C)CC1. The number of anilines is 1. The summed E-state index contributed by atoms with van der Waals surface area (Å²) in [5, 5.41) is 7.50. The number of aromatic nitrogens is 2. The molecule has 0 aliphatic carbocycles. The number of piperazine rings is 1. The summed E-state index contributed by atoms with van der Waals surface area (Å²) in [6.07, 6.45) is 0. The molecule has 0 radical (unpaired) electrons. The van der Waals surface area contributed by atoms with E-state index < -0.39 is 0 Å². The lowest BCUT2D eigenvalue weighted by atomic mass is 9.92. The molecule has 0 unspecified atom stereocenters. The summed E-state index contributed by atoms with van der Waals surface area (Å²) in [5.41, 5.74) is 0.968. The van der Waals surface area contributed by atoms with Crippen LogP contribution in [-0.4, -0.2) is 64.8 Å². The van der Waals surface area contributed by atoms with Crippen LogP contribution in [0.5, 0.6) is 0 Å². The highest BCUT2D eigenvalue weighted by Gasteiger charge is 2.22. The highest BCUT2D eigenvalue weighted by atomic mass is 16.2. The first kappa shape index (κ1) is 18.9. The Labute approximate surface area is 146 Å². The summed E-state index contributed by atoms with van der Waals surface area (Å²) in [6.45, 7) is 16.5. The average Bonchev–Trinajstić information content (AvgIpc) is 2.82. The van der Waals surface area contributed by atoms with Crippen LogP contribution in [0.3, 0.4) is 0 Å². The Hall–Kier alpha value is -1.40. The van der Waals surface area contributed by atoms with Gasteiger partial charge in [-0.1, -0.05) is 34.6 Å². The van der Waals surface area contributed by atoms with Gasteiger partial charge in [-0.15, -0.1) is 0 Å². The first-order valence-electron chi connectivity index (χ1n) is 8.94. The highest BCUT2D eigenvalue weighted by molar-refractivity contribution is 5.91. The number of rotatable bonds is 5. The largest absolute Gasteiger partial charge is 0.310 e. The predicted molar refractivity (Wildman–Crippen MR) is 98.3 cm³/mol. The fraction of sp³-hybridized carbons (Fsp3) is 0.778. The van der Waals surface area contributed by atoms with Crippen LogP contribution < -0.4 is 5.32 Å². The Bertz CT molecular complexity index is 550. The van der Waals surface area contributed by atoms with Crippen LogP contribution in [0.25, 0.3) is 0 Å². The highest BCUT2D eigenvalue weighted by Crippen LogP contribution is 2.23. The van der Waals surface area contributed by atoms with Gasteiger partial charge in [0.25, 0.3) is 0 Å². The quantitative estimate of drug-likeness (QED) is 0.893. The van der Waals surface area contributed by atoms with Gasteiger partial charge in [-0.05, 0) is 5.92 Å². The number of nitrogens with zero attached hydrogens (tertiary/aromatic N) is 4. The minimum Gasteiger partial charge on any atom is -0.310 e. The van der Waals surface area contributed by atoms with Gasteiger partial charge in [0.1, 0.15) is 5.82 Å². The maximum atomic E-state index is 12.3. The van der Waals surface area contributed by atoms with E-state index in [-0.39, 0.29) is 11.3 Å². The second kappa shape index (κ2) is 7.66. The van der Waals surface area contributed by atoms with E-state index >= 15 is 0 Å². The summed E-state index contributed by atoms with van der Waals surface area (Å²) in [5.74, 6) is 1.50. The molecule has 1 saturated heterocycles. The van der Waals surface area contributed by atoms with Gasteiger partial charge in [0, 0.05) is 51.3 Å². The summed E-state index contributed by atoms with van der Waals surface area (Å²) in [6, 6.07) is 1.97. The molecule has 2 heterocycles. The van der Waals surface area contributed by atoms with Gasteiger partial charge in [-0.25, -0.2) is 0 Å².